The lowest BCUT2D eigenvalue weighted by Crippen LogP contribution is -2.51. The van der Waals surface area contributed by atoms with Crippen molar-refractivity contribution in [3.05, 3.63) is 29.3 Å². The molecule has 7 heteroatoms. The molecule has 0 aliphatic carbocycles. The molecule has 1 saturated heterocycles. The Morgan fingerprint density at radius 3 is 2.30 bits per heavy atom. The number of primary amides is 1. The molecule has 0 unspecified atom stereocenters. The standard InChI is InChI=1S/C16H22N4O3/c1-11-4-3-5-13(15(11)16(17)23)18-10-14(22)20-8-6-19(7-9-20)12(2)21/h3-5,18H,6-10H2,1-2H3,(H2,17,23). The number of piperazine rings is 1. The third-order valence-electron chi connectivity index (χ3n) is 4.03. The number of hydrogen-bond acceptors (Lipinski definition) is 4. The number of carbonyl (C=O) groups excluding carboxylic acids is 3. The zero-order valence-corrected chi connectivity index (χ0v) is 13.5. The first-order valence-corrected chi connectivity index (χ1v) is 7.56. The maximum Gasteiger partial charge on any atom is 0.251 e. The molecule has 1 aliphatic rings. The first-order chi connectivity index (χ1) is 10.9. The monoisotopic (exact) mass is 318 g/mol. The van der Waals surface area contributed by atoms with Crippen LogP contribution in [-0.4, -0.2) is 60.2 Å². The van der Waals surface area contributed by atoms with Crippen molar-refractivity contribution >= 4 is 23.4 Å². The van der Waals surface area contributed by atoms with Crippen LogP contribution in [0, 0.1) is 6.92 Å². The summed E-state index contributed by atoms with van der Waals surface area (Å²) in [7, 11) is 0. The highest BCUT2D eigenvalue weighted by Gasteiger charge is 2.22. The smallest absolute Gasteiger partial charge is 0.251 e. The van der Waals surface area contributed by atoms with E-state index in [4.69, 9.17) is 5.73 Å². The van der Waals surface area contributed by atoms with Gasteiger partial charge in [-0.1, -0.05) is 12.1 Å². The third kappa shape index (κ3) is 4.00. The maximum atomic E-state index is 12.3. The fourth-order valence-corrected chi connectivity index (χ4v) is 2.70. The Kier molecular flexibility index (Phi) is 5.20. The van der Waals surface area contributed by atoms with E-state index in [1.165, 1.54) is 6.92 Å². The summed E-state index contributed by atoms with van der Waals surface area (Å²) in [4.78, 5) is 38.5. The van der Waals surface area contributed by atoms with E-state index in [2.05, 4.69) is 5.32 Å². The molecular formula is C16H22N4O3. The first kappa shape index (κ1) is 16.8. The van der Waals surface area contributed by atoms with Crippen LogP contribution in [-0.2, 0) is 9.59 Å². The second-order valence-electron chi connectivity index (χ2n) is 5.60. The number of anilines is 1. The molecule has 23 heavy (non-hydrogen) atoms. The minimum absolute atomic E-state index is 0.0288. The van der Waals surface area contributed by atoms with Crippen molar-refractivity contribution in [3.63, 3.8) is 0 Å². The van der Waals surface area contributed by atoms with Gasteiger partial charge in [0.25, 0.3) is 5.91 Å². The summed E-state index contributed by atoms with van der Waals surface area (Å²) in [6.07, 6.45) is 0. The maximum absolute atomic E-state index is 12.3. The third-order valence-corrected chi connectivity index (χ3v) is 4.03. The van der Waals surface area contributed by atoms with Gasteiger partial charge >= 0.3 is 0 Å². The van der Waals surface area contributed by atoms with Crippen LogP contribution in [0.25, 0.3) is 0 Å². The summed E-state index contributed by atoms with van der Waals surface area (Å²) in [5.74, 6) is -0.556. The summed E-state index contributed by atoms with van der Waals surface area (Å²) < 4.78 is 0. The van der Waals surface area contributed by atoms with Crippen LogP contribution in [0.5, 0.6) is 0 Å². The van der Waals surface area contributed by atoms with Crippen molar-refractivity contribution in [2.45, 2.75) is 13.8 Å². The molecule has 0 radical (unpaired) electrons. The van der Waals surface area contributed by atoms with Crippen molar-refractivity contribution in [2.75, 3.05) is 38.0 Å². The molecule has 0 atom stereocenters. The number of amides is 3. The van der Waals surface area contributed by atoms with Gasteiger partial charge in [-0.25, -0.2) is 0 Å². The molecule has 2 rings (SSSR count). The molecule has 0 bridgehead atoms. The van der Waals surface area contributed by atoms with Gasteiger partial charge in [0.15, 0.2) is 0 Å². The van der Waals surface area contributed by atoms with Gasteiger partial charge < -0.3 is 20.9 Å². The largest absolute Gasteiger partial charge is 0.375 e. The van der Waals surface area contributed by atoms with E-state index in [-0.39, 0.29) is 18.4 Å². The van der Waals surface area contributed by atoms with Gasteiger partial charge in [0.1, 0.15) is 0 Å². The van der Waals surface area contributed by atoms with Crippen molar-refractivity contribution in [2.24, 2.45) is 5.73 Å². The number of aryl methyl sites for hydroxylation is 1. The normalized spacial score (nSPS) is 14.5. The fourth-order valence-electron chi connectivity index (χ4n) is 2.70. The predicted octanol–water partition coefficient (Wildman–Crippen LogP) is 0.197. The number of nitrogens with two attached hydrogens (primary N) is 1. The van der Waals surface area contributed by atoms with E-state index < -0.39 is 5.91 Å². The van der Waals surface area contributed by atoms with Crippen molar-refractivity contribution in [1.82, 2.24) is 9.80 Å². The van der Waals surface area contributed by atoms with Crippen LogP contribution in [0.4, 0.5) is 5.69 Å². The van der Waals surface area contributed by atoms with Gasteiger partial charge in [0.05, 0.1) is 12.1 Å². The lowest BCUT2D eigenvalue weighted by molar-refractivity contribution is -0.137. The highest BCUT2D eigenvalue weighted by atomic mass is 16.2. The van der Waals surface area contributed by atoms with Gasteiger partial charge in [-0.2, -0.15) is 0 Å². The van der Waals surface area contributed by atoms with Gasteiger partial charge in [-0.05, 0) is 18.6 Å². The van der Waals surface area contributed by atoms with Gasteiger partial charge in [-0.3, -0.25) is 14.4 Å². The van der Waals surface area contributed by atoms with E-state index >= 15 is 0 Å². The molecule has 3 amide bonds. The lowest BCUT2D eigenvalue weighted by atomic mass is 10.1. The number of carbonyl (C=O) groups is 3. The molecule has 1 heterocycles. The van der Waals surface area contributed by atoms with Crippen molar-refractivity contribution < 1.29 is 14.4 Å². The highest BCUT2D eigenvalue weighted by molar-refractivity contribution is 6.00. The SMILES string of the molecule is CC(=O)N1CCN(C(=O)CNc2cccc(C)c2C(N)=O)CC1. The van der Waals surface area contributed by atoms with Crippen LogP contribution in [0.15, 0.2) is 18.2 Å². The lowest BCUT2D eigenvalue weighted by Gasteiger charge is -2.34. The number of benzene rings is 1. The number of nitrogens with zero attached hydrogens (tertiary/aromatic N) is 2. The van der Waals surface area contributed by atoms with E-state index in [0.29, 0.717) is 37.4 Å². The predicted molar refractivity (Wildman–Crippen MR) is 87.0 cm³/mol. The van der Waals surface area contributed by atoms with E-state index in [1.54, 1.807) is 34.9 Å². The van der Waals surface area contributed by atoms with Gasteiger partial charge in [-0.15, -0.1) is 0 Å². The van der Waals surface area contributed by atoms with E-state index in [9.17, 15) is 14.4 Å². The zero-order valence-electron chi connectivity index (χ0n) is 13.5. The average molecular weight is 318 g/mol. The Labute approximate surface area is 135 Å². The Morgan fingerprint density at radius 2 is 1.74 bits per heavy atom. The van der Waals surface area contributed by atoms with E-state index in [0.717, 1.165) is 5.56 Å². The second-order valence-corrected chi connectivity index (χ2v) is 5.60. The highest BCUT2D eigenvalue weighted by Crippen LogP contribution is 2.18. The molecule has 124 valence electrons. The summed E-state index contributed by atoms with van der Waals surface area (Å²) in [5.41, 5.74) is 7.13. The van der Waals surface area contributed by atoms with Crippen LogP contribution < -0.4 is 11.1 Å². The second kappa shape index (κ2) is 7.13. The van der Waals surface area contributed by atoms with Crippen molar-refractivity contribution in [3.8, 4) is 0 Å². The molecule has 1 aliphatic heterocycles. The summed E-state index contributed by atoms with van der Waals surface area (Å²) in [6.45, 7) is 5.57. The topological polar surface area (TPSA) is 95.7 Å². The molecule has 1 aromatic rings. The van der Waals surface area contributed by atoms with Crippen LogP contribution in [0.1, 0.15) is 22.8 Å². The van der Waals surface area contributed by atoms with E-state index in [1.807, 2.05) is 0 Å². The van der Waals surface area contributed by atoms with Crippen LogP contribution in [0.3, 0.4) is 0 Å². The summed E-state index contributed by atoms with van der Waals surface area (Å²) in [6, 6.07) is 5.34. The summed E-state index contributed by atoms with van der Waals surface area (Å²) >= 11 is 0. The molecular weight excluding hydrogens is 296 g/mol. The number of rotatable bonds is 4. The summed E-state index contributed by atoms with van der Waals surface area (Å²) in [5, 5.41) is 2.99. The minimum atomic E-state index is -0.520. The molecule has 0 spiro atoms. The number of nitrogens with one attached hydrogen (secondary N) is 1. The van der Waals surface area contributed by atoms with Gasteiger partial charge in [0.2, 0.25) is 11.8 Å². The zero-order chi connectivity index (χ0) is 17.0. The number of hydrogen-bond donors (Lipinski definition) is 2. The first-order valence-electron chi connectivity index (χ1n) is 7.56. The Balaban J connectivity index is 1.94. The van der Waals surface area contributed by atoms with Crippen LogP contribution >= 0.6 is 0 Å². The Hall–Kier alpha value is -2.57. The molecule has 3 N–H and O–H groups in total. The Bertz CT molecular complexity index is 622. The van der Waals surface area contributed by atoms with Gasteiger partial charge in [0, 0.05) is 38.8 Å². The van der Waals surface area contributed by atoms with Crippen molar-refractivity contribution in [1.29, 1.82) is 0 Å². The molecule has 1 fully saturated rings. The Morgan fingerprint density at radius 1 is 1.13 bits per heavy atom. The molecule has 0 saturated carbocycles. The average Bonchev–Trinajstić information content (AvgIpc) is 2.52. The quantitative estimate of drug-likeness (QED) is 0.829. The molecule has 7 nitrogen and oxygen atoms in total. The molecule has 1 aromatic carbocycles. The minimum Gasteiger partial charge on any atom is -0.375 e. The van der Waals surface area contributed by atoms with Crippen LogP contribution in [0.2, 0.25) is 0 Å². The molecule has 0 aromatic heterocycles. The fraction of sp³-hybridized carbons (Fsp3) is 0.438.